The molecule has 1 unspecified atom stereocenters. The van der Waals surface area contributed by atoms with Crippen molar-refractivity contribution in [1.29, 1.82) is 0 Å². The molecule has 0 amide bonds. The van der Waals surface area contributed by atoms with Gasteiger partial charge < -0.3 is 15.4 Å². The normalized spacial score (nSPS) is 12.4. The first kappa shape index (κ1) is 23.6. The number of rotatable bonds is 8. The molecule has 0 spiro atoms. The summed E-state index contributed by atoms with van der Waals surface area (Å²) < 4.78 is 18.7. The van der Waals surface area contributed by atoms with Crippen molar-refractivity contribution in [3.8, 4) is 5.75 Å². The number of benzene rings is 1. The molecule has 1 aromatic carbocycles. The molecular weight excluding hydrogens is 478 g/mol. The van der Waals surface area contributed by atoms with Crippen molar-refractivity contribution < 1.29 is 9.13 Å². The van der Waals surface area contributed by atoms with Crippen molar-refractivity contribution in [2.24, 2.45) is 4.99 Å². The molecule has 0 saturated carbocycles. The highest BCUT2D eigenvalue weighted by molar-refractivity contribution is 14.0. The molecule has 0 fully saturated rings. The predicted octanol–water partition coefficient (Wildman–Crippen LogP) is 4.20. The highest BCUT2D eigenvalue weighted by Crippen LogP contribution is 2.19. The van der Waals surface area contributed by atoms with Gasteiger partial charge in [-0.05, 0) is 31.2 Å². The average Bonchev–Trinajstić information content (AvgIpc) is 3.09. The Morgan fingerprint density at radius 3 is 2.52 bits per heavy atom. The summed E-state index contributed by atoms with van der Waals surface area (Å²) >= 11 is 1.71. The van der Waals surface area contributed by atoms with Gasteiger partial charge in [0.2, 0.25) is 0 Å². The van der Waals surface area contributed by atoms with Gasteiger partial charge >= 0.3 is 0 Å². The fraction of sp³-hybridized carbons (Fsp3) is 0.474. The van der Waals surface area contributed by atoms with Gasteiger partial charge in [0, 0.05) is 31.3 Å². The number of aromatic nitrogens is 1. The van der Waals surface area contributed by atoms with E-state index in [0.717, 1.165) is 24.6 Å². The minimum Gasteiger partial charge on any atom is -0.489 e. The summed E-state index contributed by atoms with van der Waals surface area (Å²) in [5, 5.41) is 9.81. The number of ether oxygens (including phenoxy) is 1. The summed E-state index contributed by atoms with van der Waals surface area (Å²) in [6, 6.07) is 6.02. The van der Waals surface area contributed by atoms with Crippen molar-refractivity contribution in [1.82, 2.24) is 15.6 Å². The molecule has 150 valence electrons. The lowest BCUT2D eigenvalue weighted by Crippen LogP contribution is -2.42. The summed E-state index contributed by atoms with van der Waals surface area (Å²) in [6.45, 7) is 7.61. The number of nitrogens with zero attached hydrogens (tertiary/aromatic N) is 2. The Labute approximate surface area is 181 Å². The Kier molecular flexibility index (Phi) is 10.6. The maximum atomic E-state index is 12.9. The molecule has 1 aromatic heterocycles. The van der Waals surface area contributed by atoms with Crippen molar-refractivity contribution in [3.63, 3.8) is 0 Å². The molecular formula is C19H28FIN4OS. The maximum Gasteiger partial charge on any atom is 0.191 e. The van der Waals surface area contributed by atoms with E-state index in [9.17, 15) is 4.39 Å². The first-order valence-electron chi connectivity index (χ1n) is 8.79. The Bertz CT molecular complexity index is 706. The van der Waals surface area contributed by atoms with Crippen LogP contribution in [0.4, 0.5) is 4.39 Å². The van der Waals surface area contributed by atoms with E-state index in [1.54, 1.807) is 30.5 Å². The van der Waals surface area contributed by atoms with Crippen molar-refractivity contribution in [2.45, 2.75) is 39.2 Å². The van der Waals surface area contributed by atoms with Gasteiger partial charge in [-0.1, -0.05) is 13.8 Å². The van der Waals surface area contributed by atoms with Gasteiger partial charge in [-0.15, -0.1) is 35.3 Å². The summed E-state index contributed by atoms with van der Waals surface area (Å²) in [5.74, 6) is 1.57. The number of hydrogen-bond donors (Lipinski definition) is 2. The zero-order valence-electron chi connectivity index (χ0n) is 16.2. The third-order valence-electron chi connectivity index (χ3n) is 3.67. The molecule has 0 radical (unpaired) electrons. The third-order valence-corrected chi connectivity index (χ3v) is 4.86. The first-order chi connectivity index (χ1) is 12.5. The molecule has 2 aromatic rings. The molecule has 5 nitrogen and oxygen atoms in total. The topological polar surface area (TPSA) is 58.5 Å². The molecule has 0 aliphatic heterocycles. The number of halogens is 2. The van der Waals surface area contributed by atoms with Crippen LogP contribution in [0.25, 0.3) is 0 Å². The lowest BCUT2D eigenvalue weighted by Gasteiger charge is -2.17. The van der Waals surface area contributed by atoms with Crippen LogP contribution < -0.4 is 15.4 Å². The Morgan fingerprint density at radius 2 is 1.93 bits per heavy atom. The Hall–Kier alpha value is -1.42. The molecule has 2 N–H and O–H groups in total. The van der Waals surface area contributed by atoms with E-state index in [1.165, 1.54) is 17.1 Å². The molecule has 1 heterocycles. The highest BCUT2D eigenvalue weighted by Gasteiger charge is 2.08. The lowest BCUT2D eigenvalue weighted by molar-refractivity contribution is 0.223. The molecule has 8 heteroatoms. The van der Waals surface area contributed by atoms with Crippen LogP contribution in [0.5, 0.6) is 5.75 Å². The molecule has 0 aliphatic rings. The van der Waals surface area contributed by atoms with E-state index in [1.807, 2.05) is 6.92 Å². The zero-order valence-corrected chi connectivity index (χ0v) is 19.3. The van der Waals surface area contributed by atoms with Crippen molar-refractivity contribution in [3.05, 3.63) is 46.2 Å². The van der Waals surface area contributed by atoms with Crippen LogP contribution in [0.3, 0.4) is 0 Å². The van der Waals surface area contributed by atoms with E-state index < -0.39 is 0 Å². The summed E-state index contributed by atoms with van der Waals surface area (Å²) in [4.78, 5) is 8.85. The molecule has 0 aliphatic carbocycles. The Balaban J connectivity index is 0.00000364. The van der Waals surface area contributed by atoms with Gasteiger partial charge in [0.05, 0.1) is 17.2 Å². The predicted molar refractivity (Wildman–Crippen MR) is 121 cm³/mol. The molecule has 1 atom stereocenters. The molecule has 2 rings (SSSR count). The van der Waals surface area contributed by atoms with E-state index in [2.05, 4.69) is 39.8 Å². The number of thiazole rings is 1. The van der Waals surface area contributed by atoms with Gasteiger partial charge in [-0.3, -0.25) is 4.99 Å². The average molecular weight is 506 g/mol. The third kappa shape index (κ3) is 8.42. The summed E-state index contributed by atoms with van der Waals surface area (Å²) in [6.07, 6.45) is 0.775. The lowest BCUT2D eigenvalue weighted by atomic mass is 10.2. The fourth-order valence-corrected chi connectivity index (χ4v) is 3.13. The van der Waals surface area contributed by atoms with Crippen molar-refractivity contribution >= 4 is 41.3 Å². The quantitative estimate of drug-likeness (QED) is 0.320. The van der Waals surface area contributed by atoms with Crippen molar-refractivity contribution in [2.75, 3.05) is 20.1 Å². The standard InChI is InChI=1S/C19H27FN4OS.HI/c1-13(2)18-24-16(12-26-18)9-10-22-19(21-4)23-11-14(3)25-17-7-5-15(20)6-8-17;/h5-8,12-14H,9-11H2,1-4H3,(H2,21,22,23);1H. The number of nitrogens with one attached hydrogen (secondary N) is 2. The van der Waals surface area contributed by atoms with E-state index in [-0.39, 0.29) is 35.9 Å². The van der Waals surface area contributed by atoms with Gasteiger partial charge in [0.15, 0.2) is 5.96 Å². The van der Waals surface area contributed by atoms with Crippen LogP contribution in [0.2, 0.25) is 0 Å². The second-order valence-electron chi connectivity index (χ2n) is 6.34. The van der Waals surface area contributed by atoms with Crippen LogP contribution in [0, 0.1) is 5.82 Å². The minimum atomic E-state index is -0.270. The van der Waals surface area contributed by atoms with Gasteiger partial charge in [0.1, 0.15) is 17.7 Å². The second-order valence-corrected chi connectivity index (χ2v) is 7.23. The van der Waals surface area contributed by atoms with Crippen LogP contribution >= 0.6 is 35.3 Å². The maximum absolute atomic E-state index is 12.9. The van der Waals surface area contributed by atoms with E-state index in [4.69, 9.17) is 4.74 Å². The van der Waals surface area contributed by atoms with Crippen LogP contribution in [0.15, 0.2) is 34.6 Å². The molecule has 0 saturated heterocycles. The van der Waals surface area contributed by atoms with E-state index >= 15 is 0 Å². The highest BCUT2D eigenvalue weighted by atomic mass is 127. The van der Waals surface area contributed by atoms with Gasteiger partial charge in [0.25, 0.3) is 0 Å². The Morgan fingerprint density at radius 1 is 1.22 bits per heavy atom. The summed E-state index contributed by atoms with van der Waals surface area (Å²) in [5.41, 5.74) is 1.11. The number of aliphatic imine (C=N–C) groups is 1. The zero-order chi connectivity index (χ0) is 18.9. The van der Waals surface area contributed by atoms with Crippen LogP contribution in [0.1, 0.15) is 37.4 Å². The van der Waals surface area contributed by atoms with E-state index in [0.29, 0.717) is 18.2 Å². The van der Waals surface area contributed by atoms with Crippen LogP contribution in [-0.4, -0.2) is 37.2 Å². The van der Waals surface area contributed by atoms with Gasteiger partial charge in [-0.25, -0.2) is 9.37 Å². The van der Waals surface area contributed by atoms with Crippen LogP contribution in [-0.2, 0) is 6.42 Å². The smallest absolute Gasteiger partial charge is 0.191 e. The summed E-state index contributed by atoms with van der Waals surface area (Å²) in [7, 11) is 1.74. The SMILES string of the molecule is CN=C(NCCc1csc(C(C)C)n1)NCC(C)Oc1ccc(F)cc1.I. The number of guanidine groups is 1. The first-order valence-corrected chi connectivity index (χ1v) is 9.67. The second kappa shape index (κ2) is 12.1. The largest absolute Gasteiger partial charge is 0.489 e. The minimum absolute atomic E-state index is 0. The van der Waals surface area contributed by atoms with Gasteiger partial charge in [-0.2, -0.15) is 0 Å². The number of hydrogen-bond acceptors (Lipinski definition) is 4. The molecule has 0 bridgehead atoms. The fourth-order valence-electron chi connectivity index (χ4n) is 2.26. The monoisotopic (exact) mass is 506 g/mol. The molecule has 27 heavy (non-hydrogen) atoms.